The monoisotopic (exact) mass is 243 g/mol. The van der Waals surface area contributed by atoms with Gasteiger partial charge in [0.05, 0.1) is 10.6 Å². The van der Waals surface area contributed by atoms with Crippen molar-refractivity contribution in [2.75, 3.05) is 19.0 Å². The van der Waals surface area contributed by atoms with Gasteiger partial charge in [-0.15, -0.1) is 0 Å². The smallest absolute Gasteiger partial charge is 0.337 e. The Bertz CT molecular complexity index is 419. The molecule has 0 unspecified atom stereocenters. The summed E-state index contributed by atoms with van der Waals surface area (Å²) in [6, 6.07) is 4.16. The number of amides is 1. The van der Waals surface area contributed by atoms with Crippen LogP contribution < -0.4 is 5.32 Å². The summed E-state index contributed by atoms with van der Waals surface area (Å²) < 4.78 is 4.63. The minimum absolute atomic E-state index is 0.00796. The van der Waals surface area contributed by atoms with E-state index in [4.69, 9.17) is 16.7 Å². The second kappa shape index (κ2) is 5.48. The van der Waals surface area contributed by atoms with Crippen LogP contribution in [0.25, 0.3) is 0 Å². The summed E-state index contributed by atoms with van der Waals surface area (Å²) in [7, 11) is 1.40. The number of benzene rings is 1. The summed E-state index contributed by atoms with van der Waals surface area (Å²) in [5, 5.41) is 11.3. The number of carboxylic acids is 1. The largest absolute Gasteiger partial charge is 0.478 e. The maximum Gasteiger partial charge on any atom is 0.337 e. The van der Waals surface area contributed by atoms with Crippen molar-refractivity contribution < 1.29 is 19.4 Å². The van der Waals surface area contributed by atoms with Gasteiger partial charge in [-0.25, -0.2) is 4.79 Å². The normalized spacial score (nSPS) is 9.88. The first kappa shape index (κ1) is 12.5. The average molecular weight is 244 g/mol. The van der Waals surface area contributed by atoms with E-state index in [1.165, 1.54) is 25.3 Å². The van der Waals surface area contributed by atoms with Crippen molar-refractivity contribution in [3.8, 4) is 0 Å². The zero-order valence-corrected chi connectivity index (χ0v) is 9.25. The van der Waals surface area contributed by atoms with Gasteiger partial charge in [0.2, 0.25) is 5.91 Å². The molecule has 0 bridgehead atoms. The maximum absolute atomic E-state index is 11.1. The Morgan fingerprint density at radius 3 is 2.69 bits per heavy atom. The predicted molar refractivity (Wildman–Crippen MR) is 58.9 cm³/mol. The third-order valence-corrected chi connectivity index (χ3v) is 2.07. The van der Waals surface area contributed by atoms with Crippen molar-refractivity contribution in [1.82, 2.24) is 0 Å². The number of carbonyl (C=O) groups excluding carboxylic acids is 1. The van der Waals surface area contributed by atoms with E-state index in [9.17, 15) is 9.59 Å². The summed E-state index contributed by atoms with van der Waals surface area (Å²) in [4.78, 5) is 21.8. The number of rotatable bonds is 4. The molecule has 0 aliphatic heterocycles. The second-order valence-corrected chi connectivity index (χ2v) is 3.39. The molecule has 1 aromatic carbocycles. The van der Waals surface area contributed by atoms with E-state index in [0.717, 1.165) is 0 Å². The minimum Gasteiger partial charge on any atom is -0.478 e. The molecule has 6 heteroatoms. The summed E-state index contributed by atoms with van der Waals surface area (Å²) in [6.45, 7) is -0.0711. The number of methoxy groups -OCH3 is 1. The number of aromatic carboxylic acids is 1. The molecule has 0 fully saturated rings. The lowest BCUT2D eigenvalue weighted by molar-refractivity contribution is -0.119. The van der Waals surface area contributed by atoms with Gasteiger partial charge in [-0.3, -0.25) is 4.79 Å². The first-order valence-corrected chi connectivity index (χ1v) is 4.74. The summed E-state index contributed by atoms with van der Waals surface area (Å²) >= 11 is 5.72. The lowest BCUT2D eigenvalue weighted by Gasteiger charge is -2.06. The fourth-order valence-electron chi connectivity index (χ4n) is 1.09. The summed E-state index contributed by atoms with van der Waals surface area (Å²) in [6.07, 6.45) is 0. The standard InChI is InChI=1S/C10H10ClNO4/c1-16-5-9(13)12-6-2-3-7(10(14)15)8(11)4-6/h2-4H,5H2,1H3,(H,12,13)(H,14,15). The number of ether oxygens (including phenoxy) is 1. The van der Waals surface area contributed by atoms with Crippen LogP contribution in [0, 0.1) is 0 Å². The molecule has 0 saturated carbocycles. The molecular weight excluding hydrogens is 234 g/mol. The molecule has 5 nitrogen and oxygen atoms in total. The number of nitrogens with one attached hydrogen (secondary N) is 1. The molecule has 2 N–H and O–H groups in total. The Morgan fingerprint density at radius 1 is 1.50 bits per heavy atom. The summed E-state index contributed by atoms with van der Waals surface area (Å²) in [5.74, 6) is -1.44. The number of hydrogen-bond acceptors (Lipinski definition) is 3. The lowest BCUT2D eigenvalue weighted by atomic mass is 10.2. The third kappa shape index (κ3) is 3.22. The molecule has 16 heavy (non-hydrogen) atoms. The van der Waals surface area contributed by atoms with Gasteiger partial charge in [-0.05, 0) is 18.2 Å². The quantitative estimate of drug-likeness (QED) is 0.843. The highest BCUT2D eigenvalue weighted by molar-refractivity contribution is 6.33. The minimum atomic E-state index is -1.11. The third-order valence-electron chi connectivity index (χ3n) is 1.76. The fourth-order valence-corrected chi connectivity index (χ4v) is 1.36. The maximum atomic E-state index is 11.1. The van der Waals surface area contributed by atoms with Crippen molar-refractivity contribution in [2.45, 2.75) is 0 Å². The van der Waals surface area contributed by atoms with Gasteiger partial charge in [0, 0.05) is 12.8 Å². The first-order valence-electron chi connectivity index (χ1n) is 4.36. The van der Waals surface area contributed by atoms with Crippen LogP contribution in [-0.4, -0.2) is 30.7 Å². The van der Waals surface area contributed by atoms with Crippen LogP contribution >= 0.6 is 11.6 Å². The van der Waals surface area contributed by atoms with Crippen molar-refractivity contribution in [2.24, 2.45) is 0 Å². The highest BCUT2D eigenvalue weighted by Crippen LogP contribution is 2.20. The van der Waals surface area contributed by atoms with E-state index in [1.807, 2.05) is 0 Å². The molecule has 0 heterocycles. The highest BCUT2D eigenvalue weighted by atomic mass is 35.5. The van der Waals surface area contributed by atoms with Crippen LogP contribution in [0.5, 0.6) is 0 Å². The zero-order valence-electron chi connectivity index (χ0n) is 8.49. The zero-order chi connectivity index (χ0) is 12.1. The van der Waals surface area contributed by atoms with E-state index < -0.39 is 5.97 Å². The van der Waals surface area contributed by atoms with E-state index in [1.54, 1.807) is 0 Å². The molecule has 0 saturated heterocycles. The molecule has 0 atom stereocenters. The summed E-state index contributed by atoms with van der Waals surface area (Å²) in [5.41, 5.74) is 0.420. The van der Waals surface area contributed by atoms with Crippen LogP contribution in [0.2, 0.25) is 5.02 Å². The lowest BCUT2D eigenvalue weighted by Crippen LogP contribution is -2.17. The Balaban J connectivity index is 2.81. The Kier molecular flexibility index (Phi) is 4.28. The number of carbonyl (C=O) groups is 2. The first-order chi connectivity index (χ1) is 7.54. The van der Waals surface area contributed by atoms with Crippen LogP contribution in [0.3, 0.4) is 0 Å². The highest BCUT2D eigenvalue weighted by Gasteiger charge is 2.09. The van der Waals surface area contributed by atoms with Gasteiger partial charge in [0.1, 0.15) is 6.61 Å². The van der Waals surface area contributed by atoms with Crippen molar-refractivity contribution in [1.29, 1.82) is 0 Å². The van der Waals surface area contributed by atoms with Crippen LogP contribution in [0.1, 0.15) is 10.4 Å². The molecule has 1 amide bonds. The Morgan fingerprint density at radius 2 is 2.19 bits per heavy atom. The van der Waals surface area contributed by atoms with Crippen molar-refractivity contribution in [3.05, 3.63) is 28.8 Å². The predicted octanol–water partition coefficient (Wildman–Crippen LogP) is 1.62. The van der Waals surface area contributed by atoms with Crippen LogP contribution in [0.15, 0.2) is 18.2 Å². The van der Waals surface area contributed by atoms with Gasteiger partial charge < -0.3 is 15.2 Å². The molecule has 0 spiro atoms. The van der Waals surface area contributed by atoms with E-state index >= 15 is 0 Å². The molecule has 86 valence electrons. The number of anilines is 1. The van der Waals surface area contributed by atoms with Crippen molar-refractivity contribution >= 4 is 29.2 Å². The van der Waals surface area contributed by atoms with Gasteiger partial charge in [0.15, 0.2) is 0 Å². The van der Waals surface area contributed by atoms with Crippen LogP contribution in [0.4, 0.5) is 5.69 Å². The van der Waals surface area contributed by atoms with Gasteiger partial charge in [0.25, 0.3) is 0 Å². The number of hydrogen-bond donors (Lipinski definition) is 2. The topological polar surface area (TPSA) is 75.6 Å². The van der Waals surface area contributed by atoms with E-state index in [-0.39, 0.29) is 23.1 Å². The Hall–Kier alpha value is -1.59. The molecular formula is C10H10ClNO4. The van der Waals surface area contributed by atoms with Gasteiger partial charge in [-0.2, -0.15) is 0 Å². The SMILES string of the molecule is COCC(=O)Nc1ccc(C(=O)O)c(Cl)c1. The number of halogens is 1. The van der Waals surface area contributed by atoms with E-state index in [0.29, 0.717) is 5.69 Å². The van der Waals surface area contributed by atoms with Crippen LogP contribution in [-0.2, 0) is 9.53 Å². The molecule has 1 aromatic rings. The molecule has 0 aliphatic carbocycles. The molecule has 0 radical (unpaired) electrons. The molecule has 1 rings (SSSR count). The van der Waals surface area contributed by atoms with E-state index in [2.05, 4.69) is 10.1 Å². The average Bonchev–Trinajstić information content (AvgIpc) is 2.17. The fraction of sp³-hybridized carbons (Fsp3) is 0.200. The molecule has 0 aliphatic rings. The molecule has 0 aromatic heterocycles. The Labute approximate surface area is 97.0 Å². The van der Waals surface area contributed by atoms with Gasteiger partial charge >= 0.3 is 5.97 Å². The van der Waals surface area contributed by atoms with Crippen molar-refractivity contribution in [3.63, 3.8) is 0 Å². The van der Waals surface area contributed by atoms with Gasteiger partial charge in [-0.1, -0.05) is 11.6 Å². The number of carboxylic acid groups (broad SMARTS) is 1. The second-order valence-electron chi connectivity index (χ2n) is 2.98.